The summed E-state index contributed by atoms with van der Waals surface area (Å²) in [6.07, 6.45) is 16.2. The zero-order valence-corrected chi connectivity index (χ0v) is 18.4. The van der Waals surface area contributed by atoms with Crippen molar-refractivity contribution in [1.29, 1.82) is 0 Å². The maximum Gasteiger partial charge on any atom is 0.306 e. The van der Waals surface area contributed by atoms with Gasteiger partial charge in [0, 0.05) is 0 Å². The number of benzene rings is 1. The van der Waals surface area contributed by atoms with Crippen molar-refractivity contribution in [3.05, 3.63) is 28.8 Å². The largest absolute Gasteiger partial charge is 0.507 e. The molecule has 28 heavy (non-hydrogen) atoms. The van der Waals surface area contributed by atoms with Crippen molar-refractivity contribution in [3.8, 4) is 5.75 Å². The van der Waals surface area contributed by atoms with E-state index < -0.39 is 5.97 Å². The van der Waals surface area contributed by atoms with Crippen LogP contribution in [0.5, 0.6) is 5.75 Å². The molecular weight excluding hydrogens is 348 g/mol. The van der Waals surface area contributed by atoms with Crippen LogP contribution in [0, 0.1) is 12.8 Å². The van der Waals surface area contributed by atoms with E-state index in [2.05, 4.69) is 6.92 Å². The standard InChI is InChI=1S/C25H42O3/c1-4-6-7-8-9-10-11-12-13-14-15-16-23(25(27)28)19-21-17-20(3)24(26)22(5-2)18-21/h17-18,23,26H,4-16,19H2,1-3H3,(H,27,28). The molecule has 3 nitrogen and oxygen atoms in total. The van der Waals surface area contributed by atoms with Gasteiger partial charge in [-0.1, -0.05) is 96.6 Å². The Bertz CT molecular complexity index is 565. The topological polar surface area (TPSA) is 57.5 Å². The Labute approximate surface area is 172 Å². The summed E-state index contributed by atoms with van der Waals surface area (Å²) in [6, 6.07) is 3.91. The number of rotatable bonds is 16. The third-order valence-corrected chi connectivity index (χ3v) is 5.81. The van der Waals surface area contributed by atoms with Gasteiger partial charge < -0.3 is 10.2 Å². The first kappa shape index (κ1) is 24.5. The lowest BCUT2D eigenvalue weighted by Gasteiger charge is -2.15. The van der Waals surface area contributed by atoms with E-state index in [-0.39, 0.29) is 5.92 Å². The quantitative estimate of drug-likeness (QED) is 0.293. The maximum atomic E-state index is 11.7. The summed E-state index contributed by atoms with van der Waals surface area (Å²) in [5, 5.41) is 19.7. The van der Waals surface area contributed by atoms with E-state index in [1.165, 1.54) is 57.8 Å². The van der Waals surface area contributed by atoms with E-state index in [4.69, 9.17) is 0 Å². The molecule has 1 aromatic rings. The number of hydrogen-bond acceptors (Lipinski definition) is 2. The Morgan fingerprint density at radius 3 is 1.93 bits per heavy atom. The average molecular weight is 391 g/mol. The van der Waals surface area contributed by atoms with Gasteiger partial charge in [-0.2, -0.15) is 0 Å². The predicted molar refractivity (Wildman–Crippen MR) is 118 cm³/mol. The van der Waals surface area contributed by atoms with Gasteiger partial charge in [0.1, 0.15) is 5.75 Å². The minimum atomic E-state index is -0.698. The molecule has 2 N–H and O–H groups in total. The Balaban J connectivity index is 2.27. The van der Waals surface area contributed by atoms with Crippen LogP contribution in [0.25, 0.3) is 0 Å². The molecule has 0 amide bonds. The van der Waals surface area contributed by atoms with Gasteiger partial charge in [-0.15, -0.1) is 0 Å². The number of unbranched alkanes of at least 4 members (excludes halogenated alkanes) is 10. The molecule has 0 saturated heterocycles. The van der Waals surface area contributed by atoms with Crippen LogP contribution in [0.15, 0.2) is 12.1 Å². The minimum Gasteiger partial charge on any atom is -0.507 e. The molecule has 0 fully saturated rings. The number of carboxylic acid groups (broad SMARTS) is 1. The second kappa shape index (κ2) is 14.5. The molecule has 1 atom stereocenters. The van der Waals surface area contributed by atoms with Gasteiger partial charge in [0.15, 0.2) is 0 Å². The third-order valence-electron chi connectivity index (χ3n) is 5.81. The van der Waals surface area contributed by atoms with Crippen molar-refractivity contribution < 1.29 is 15.0 Å². The van der Waals surface area contributed by atoms with Gasteiger partial charge in [0.2, 0.25) is 0 Å². The van der Waals surface area contributed by atoms with Gasteiger partial charge in [-0.05, 0) is 42.9 Å². The minimum absolute atomic E-state index is 0.327. The molecule has 0 heterocycles. The van der Waals surface area contributed by atoms with Gasteiger partial charge in [-0.25, -0.2) is 0 Å². The number of aryl methyl sites for hydroxylation is 2. The van der Waals surface area contributed by atoms with Crippen LogP contribution in [0.4, 0.5) is 0 Å². The Kier molecular flexibility index (Phi) is 12.7. The Morgan fingerprint density at radius 1 is 0.893 bits per heavy atom. The molecule has 0 radical (unpaired) electrons. The molecule has 0 aliphatic carbocycles. The van der Waals surface area contributed by atoms with Crippen LogP contribution in [-0.4, -0.2) is 16.2 Å². The van der Waals surface area contributed by atoms with Crippen LogP contribution in [-0.2, 0) is 17.6 Å². The first-order valence-electron chi connectivity index (χ1n) is 11.5. The molecule has 0 bridgehead atoms. The first-order chi connectivity index (χ1) is 13.5. The number of phenols is 1. The molecule has 0 aliphatic heterocycles. The average Bonchev–Trinajstić information content (AvgIpc) is 2.67. The van der Waals surface area contributed by atoms with Gasteiger partial charge in [0.25, 0.3) is 0 Å². The lowest BCUT2D eigenvalue weighted by Crippen LogP contribution is -2.16. The van der Waals surface area contributed by atoms with Gasteiger partial charge in [0.05, 0.1) is 5.92 Å². The van der Waals surface area contributed by atoms with Crippen molar-refractivity contribution in [1.82, 2.24) is 0 Å². The van der Waals surface area contributed by atoms with Crippen LogP contribution in [0.2, 0.25) is 0 Å². The first-order valence-corrected chi connectivity index (χ1v) is 11.5. The fourth-order valence-corrected chi connectivity index (χ4v) is 3.97. The number of hydrogen-bond donors (Lipinski definition) is 2. The summed E-state index contributed by atoms with van der Waals surface area (Å²) in [4.78, 5) is 11.7. The molecule has 0 aliphatic rings. The highest BCUT2D eigenvalue weighted by atomic mass is 16.4. The Morgan fingerprint density at radius 2 is 1.43 bits per heavy atom. The van der Waals surface area contributed by atoms with Crippen molar-refractivity contribution >= 4 is 5.97 Å². The molecule has 0 saturated carbocycles. The number of phenolic OH excluding ortho intramolecular Hbond substituents is 1. The van der Waals surface area contributed by atoms with Crippen LogP contribution in [0.3, 0.4) is 0 Å². The van der Waals surface area contributed by atoms with Crippen molar-refractivity contribution in [2.75, 3.05) is 0 Å². The number of aliphatic carboxylic acids is 1. The summed E-state index contributed by atoms with van der Waals surface area (Å²) in [5.41, 5.74) is 2.78. The lowest BCUT2D eigenvalue weighted by atomic mass is 9.91. The number of aromatic hydroxyl groups is 1. The smallest absolute Gasteiger partial charge is 0.306 e. The van der Waals surface area contributed by atoms with Crippen molar-refractivity contribution in [2.24, 2.45) is 5.92 Å². The molecule has 1 unspecified atom stereocenters. The van der Waals surface area contributed by atoms with E-state index in [1.54, 1.807) is 0 Å². The summed E-state index contributed by atoms with van der Waals surface area (Å²) in [5.74, 6) is -0.674. The SMILES string of the molecule is CCCCCCCCCCCCCC(Cc1cc(C)c(O)c(CC)c1)C(=O)O. The second-order valence-corrected chi connectivity index (χ2v) is 8.34. The van der Waals surface area contributed by atoms with Crippen molar-refractivity contribution in [2.45, 2.75) is 111 Å². The molecule has 3 heteroatoms. The van der Waals surface area contributed by atoms with E-state index in [0.29, 0.717) is 12.2 Å². The van der Waals surface area contributed by atoms with Crippen LogP contribution >= 0.6 is 0 Å². The highest BCUT2D eigenvalue weighted by molar-refractivity contribution is 5.70. The fraction of sp³-hybridized carbons (Fsp3) is 0.720. The zero-order valence-electron chi connectivity index (χ0n) is 18.4. The number of carbonyl (C=O) groups is 1. The second-order valence-electron chi connectivity index (χ2n) is 8.34. The summed E-state index contributed by atoms with van der Waals surface area (Å²) in [7, 11) is 0. The normalized spacial score (nSPS) is 12.2. The van der Waals surface area contributed by atoms with Gasteiger partial charge >= 0.3 is 5.97 Å². The van der Waals surface area contributed by atoms with Crippen LogP contribution in [0.1, 0.15) is 108 Å². The lowest BCUT2D eigenvalue weighted by molar-refractivity contribution is -0.142. The van der Waals surface area contributed by atoms with Crippen molar-refractivity contribution in [3.63, 3.8) is 0 Å². The van der Waals surface area contributed by atoms with Crippen LogP contribution < -0.4 is 0 Å². The summed E-state index contributed by atoms with van der Waals surface area (Å²) < 4.78 is 0. The highest BCUT2D eigenvalue weighted by Crippen LogP contribution is 2.27. The summed E-state index contributed by atoms with van der Waals surface area (Å²) in [6.45, 7) is 6.15. The number of carboxylic acids is 1. The van der Waals surface area contributed by atoms with E-state index in [9.17, 15) is 15.0 Å². The molecule has 0 aromatic heterocycles. The highest BCUT2D eigenvalue weighted by Gasteiger charge is 2.18. The fourth-order valence-electron chi connectivity index (χ4n) is 3.97. The van der Waals surface area contributed by atoms with E-state index in [1.807, 2.05) is 26.0 Å². The predicted octanol–water partition coefficient (Wildman–Crippen LogP) is 7.21. The Hall–Kier alpha value is -1.51. The monoisotopic (exact) mass is 390 g/mol. The molecule has 1 aromatic carbocycles. The molecule has 160 valence electrons. The maximum absolute atomic E-state index is 11.7. The molecular formula is C25H42O3. The van der Waals surface area contributed by atoms with E-state index in [0.717, 1.165) is 42.4 Å². The third kappa shape index (κ3) is 9.61. The summed E-state index contributed by atoms with van der Waals surface area (Å²) >= 11 is 0. The van der Waals surface area contributed by atoms with E-state index >= 15 is 0 Å². The molecule has 0 spiro atoms. The van der Waals surface area contributed by atoms with Gasteiger partial charge in [-0.3, -0.25) is 4.79 Å². The zero-order chi connectivity index (χ0) is 20.8. The molecule has 1 rings (SSSR count).